The molecule has 0 bridgehead atoms. The van der Waals surface area contributed by atoms with Crippen molar-refractivity contribution in [3.05, 3.63) is 0 Å². The SMILES string of the molecule is CC(C)CNC(=O)C(C)NCC1CCS(=O)(=O)C1. The first-order chi connectivity index (χ1) is 8.30. The van der Waals surface area contributed by atoms with Crippen molar-refractivity contribution in [1.82, 2.24) is 10.6 Å². The summed E-state index contributed by atoms with van der Waals surface area (Å²) in [5.41, 5.74) is 0. The van der Waals surface area contributed by atoms with Crippen molar-refractivity contribution in [2.75, 3.05) is 24.6 Å². The topological polar surface area (TPSA) is 75.3 Å². The molecule has 2 N–H and O–H groups in total. The van der Waals surface area contributed by atoms with Gasteiger partial charge in [-0.15, -0.1) is 0 Å². The zero-order valence-electron chi connectivity index (χ0n) is 11.4. The molecule has 6 heteroatoms. The molecule has 1 fully saturated rings. The van der Waals surface area contributed by atoms with Crippen LogP contribution in [-0.4, -0.2) is 45.0 Å². The zero-order chi connectivity index (χ0) is 13.8. The van der Waals surface area contributed by atoms with E-state index in [0.717, 1.165) is 0 Å². The van der Waals surface area contributed by atoms with Crippen LogP contribution in [0.1, 0.15) is 27.2 Å². The Morgan fingerprint density at radius 3 is 2.50 bits per heavy atom. The van der Waals surface area contributed by atoms with Crippen LogP contribution < -0.4 is 10.6 Å². The Morgan fingerprint density at radius 2 is 2.00 bits per heavy atom. The number of carbonyl (C=O) groups excluding carboxylic acids is 1. The quantitative estimate of drug-likeness (QED) is 0.725. The molecule has 0 radical (unpaired) electrons. The van der Waals surface area contributed by atoms with Gasteiger partial charge in [-0.2, -0.15) is 0 Å². The van der Waals surface area contributed by atoms with Crippen LogP contribution in [0, 0.1) is 11.8 Å². The molecule has 1 rings (SSSR count). The number of hydrogen-bond donors (Lipinski definition) is 2. The maximum atomic E-state index is 11.7. The van der Waals surface area contributed by atoms with Crippen molar-refractivity contribution in [1.29, 1.82) is 0 Å². The van der Waals surface area contributed by atoms with Crippen LogP contribution in [0.3, 0.4) is 0 Å². The van der Waals surface area contributed by atoms with Crippen LogP contribution in [0.5, 0.6) is 0 Å². The highest BCUT2D eigenvalue weighted by Crippen LogP contribution is 2.17. The normalized spacial score (nSPS) is 24.1. The average molecular weight is 276 g/mol. The third-order valence-electron chi connectivity index (χ3n) is 3.12. The van der Waals surface area contributed by atoms with Crippen LogP contribution in [0.2, 0.25) is 0 Å². The zero-order valence-corrected chi connectivity index (χ0v) is 12.2. The first-order valence-electron chi connectivity index (χ1n) is 6.51. The fourth-order valence-electron chi connectivity index (χ4n) is 1.93. The molecule has 0 spiro atoms. The number of sulfone groups is 1. The van der Waals surface area contributed by atoms with Gasteiger partial charge in [0, 0.05) is 6.54 Å². The molecule has 0 aromatic heterocycles. The Labute approximate surface area is 110 Å². The van der Waals surface area contributed by atoms with Gasteiger partial charge < -0.3 is 10.6 Å². The summed E-state index contributed by atoms with van der Waals surface area (Å²) in [6.07, 6.45) is 0.704. The average Bonchev–Trinajstić information content (AvgIpc) is 2.62. The number of hydrogen-bond acceptors (Lipinski definition) is 4. The van der Waals surface area contributed by atoms with E-state index in [4.69, 9.17) is 0 Å². The van der Waals surface area contributed by atoms with Crippen molar-refractivity contribution < 1.29 is 13.2 Å². The first kappa shape index (κ1) is 15.4. The standard InChI is InChI=1S/C12H24N2O3S/c1-9(2)6-14-12(15)10(3)13-7-11-4-5-18(16,17)8-11/h9-11,13H,4-8H2,1-3H3,(H,14,15). The van der Waals surface area contributed by atoms with Crippen LogP contribution in [-0.2, 0) is 14.6 Å². The molecule has 18 heavy (non-hydrogen) atoms. The predicted octanol–water partition coefficient (Wildman–Crippen LogP) is 0.171. The summed E-state index contributed by atoms with van der Waals surface area (Å²) in [6, 6.07) is -0.271. The number of rotatable bonds is 6. The molecule has 0 aromatic rings. The first-order valence-corrected chi connectivity index (χ1v) is 8.34. The van der Waals surface area contributed by atoms with Crippen molar-refractivity contribution in [3.8, 4) is 0 Å². The second-order valence-corrected chi connectivity index (χ2v) is 7.77. The Hall–Kier alpha value is -0.620. The lowest BCUT2D eigenvalue weighted by Gasteiger charge is -2.17. The highest BCUT2D eigenvalue weighted by atomic mass is 32.2. The molecule has 2 unspecified atom stereocenters. The minimum atomic E-state index is -2.83. The minimum Gasteiger partial charge on any atom is -0.354 e. The molecule has 1 amide bonds. The molecule has 0 aromatic carbocycles. The molecule has 1 saturated heterocycles. The van der Waals surface area contributed by atoms with Crippen LogP contribution in [0.15, 0.2) is 0 Å². The Balaban J connectivity index is 2.24. The summed E-state index contributed by atoms with van der Waals surface area (Å²) >= 11 is 0. The van der Waals surface area contributed by atoms with E-state index >= 15 is 0 Å². The molecule has 5 nitrogen and oxygen atoms in total. The lowest BCUT2D eigenvalue weighted by atomic mass is 10.1. The minimum absolute atomic E-state index is 0.0236. The molecular weight excluding hydrogens is 252 g/mol. The molecule has 106 valence electrons. The van der Waals surface area contributed by atoms with Gasteiger partial charge in [0.25, 0.3) is 0 Å². The molecule has 2 atom stereocenters. The maximum absolute atomic E-state index is 11.7. The molecule has 1 aliphatic rings. The second-order valence-electron chi connectivity index (χ2n) is 5.54. The summed E-state index contributed by atoms with van der Waals surface area (Å²) in [4.78, 5) is 11.7. The van der Waals surface area contributed by atoms with E-state index in [1.54, 1.807) is 6.92 Å². The van der Waals surface area contributed by atoms with Crippen LogP contribution >= 0.6 is 0 Å². The van der Waals surface area contributed by atoms with Gasteiger partial charge in [0.15, 0.2) is 9.84 Å². The molecule has 0 aliphatic carbocycles. The second kappa shape index (κ2) is 6.52. The van der Waals surface area contributed by atoms with Crippen LogP contribution in [0.4, 0.5) is 0 Å². The fraction of sp³-hybridized carbons (Fsp3) is 0.917. The van der Waals surface area contributed by atoms with Gasteiger partial charge in [0.2, 0.25) is 5.91 Å². The van der Waals surface area contributed by atoms with E-state index in [1.807, 2.05) is 13.8 Å². The van der Waals surface area contributed by atoms with E-state index in [9.17, 15) is 13.2 Å². The number of carbonyl (C=O) groups is 1. The van der Waals surface area contributed by atoms with E-state index in [0.29, 0.717) is 25.4 Å². The van der Waals surface area contributed by atoms with Crippen molar-refractivity contribution in [2.45, 2.75) is 33.2 Å². The Bertz CT molecular complexity index is 379. The third-order valence-corrected chi connectivity index (χ3v) is 4.95. The summed E-state index contributed by atoms with van der Waals surface area (Å²) in [5.74, 6) is 1.09. The van der Waals surface area contributed by atoms with Gasteiger partial charge in [0.1, 0.15) is 0 Å². The van der Waals surface area contributed by atoms with E-state index < -0.39 is 9.84 Å². The van der Waals surface area contributed by atoms with Gasteiger partial charge >= 0.3 is 0 Å². The fourth-order valence-corrected chi connectivity index (χ4v) is 3.79. The summed E-state index contributed by atoms with van der Waals surface area (Å²) < 4.78 is 22.6. The van der Waals surface area contributed by atoms with Gasteiger partial charge in [-0.25, -0.2) is 8.42 Å². The Kier molecular flexibility index (Phi) is 5.59. The smallest absolute Gasteiger partial charge is 0.236 e. The van der Waals surface area contributed by atoms with Gasteiger partial charge in [-0.05, 0) is 31.7 Å². The molecular formula is C12H24N2O3S. The lowest BCUT2D eigenvalue weighted by Crippen LogP contribution is -2.44. The van der Waals surface area contributed by atoms with Crippen molar-refractivity contribution in [2.24, 2.45) is 11.8 Å². The molecule has 1 aliphatic heterocycles. The van der Waals surface area contributed by atoms with Gasteiger partial charge in [-0.3, -0.25) is 4.79 Å². The molecule has 0 saturated carbocycles. The summed E-state index contributed by atoms with van der Waals surface area (Å²) in [5, 5.41) is 5.96. The van der Waals surface area contributed by atoms with Gasteiger partial charge in [0.05, 0.1) is 17.5 Å². The van der Waals surface area contributed by atoms with Crippen LogP contribution in [0.25, 0.3) is 0 Å². The van der Waals surface area contributed by atoms with E-state index in [2.05, 4.69) is 10.6 Å². The maximum Gasteiger partial charge on any atom is 0.236 e. The lowest BCUT2D eigenvalue weighted by molar-refractivity contribution is -0.122. The van der Waals surface area contributed by atoms with Gasteiger partial charge in [-0.1, -0.05) is 13.8 Å². The van der Waals surface area contributed by atoms with E-state index in [-0.39, 0.29) is 29.4 Å². The summed E-state index contributed by atoms with van der Waals surface area (Å²) in [7, 11) is -2.83. The monoisotopic (exact) mass is 276 g/mol. The van der Waals surface area contributed by atoms with Crippen molar-refractivity contribution >= 4 is 15.7 Å². The third kappa shape index (κ3) is 5.35. The summed E-state index contributed by atoms with van der Waals surface area (Å²) in [6.45, 7) is 7.15. The Morgan fingerprint density at radius 1 is 1.33 bits per heavy atom. The number of amides is 1. The number of nitrogens with one attached hydrogen (secondary N) is 2. The largest absolute Gasteiger partial charge is 0.354 e. The van der Waals surface area contributed by atoms with E-state index in [1.165, 1.54) is 0 Å². The predicted molar refractivity (Wildman–Crippen MR) is 72.1 cm³/mol. The highest BCUT2D eigenvalue weighted by Gasteiger charge is 2.28. The highest BCUT2D eigenvalue weighted by molar-refractivity contribution is 7.91. The molecule has 1 heterocycles. The van der Waals surface area contributed by atoms with Crippen molar-refractivity contribution in [3.63, 3.8) is 0 Å².